The van der Waals surface area contributed by atoms with Crippen LogP contribution in [0.5, 0.6) is 0 Å². The molecule has 2 saturated carbocycles. The molecule has 1 aromatic rings. The molecule has 0 bridgehead atoms. The molecule has 2 aliphatic rings. The van der Waals surface area contributed by atoms with E-state index in [0.717, 1.165) is 19.3 Å². The van der Waals surface area contributed by atoms with Crippen molar-refractivity contribution in [2.45, 2.75) is 72.5 Å². The van der Waals surface area contributed by atoms with Crippen LogP contribution in [0.3, 0.4) is 0 Å². The molecule has 1 aromatic carbocycles. The predicted molar refractivity (Wildman–Crippen MR) is 111 cm³/mol. The van der Waals surface area contributed by atoms with Crippen molar-refractivity contribution >= 4 is 5.78 Å². The van der Waals surface area contributed by atoms with Gasteiger partial charge < -0.3 is 4.74 Å². The third-order valence-electron chi connectivity index (χ3n) is 7.12. The minimum absolute atomic E-state index is 0.130. The second kappa shape index (κ2) is 8.73. The number of ketones is 1. The number of carbonyl (C=O) groups is 1. The van der Waals surface area contributed by atoms with Crippen LogP contribution < -0.4 is 0 Å². The molecular weight excluding hydrogens is 332 g/mol. The molecule has 2 heteroatoms. The number of carbonyl (C=O) groups excluding carboxylic acids is 1. The van der Waals surface area contributed by atoms with Crippen molar-refractivity contribution in [1.29, 1.82) is 0 Å². The summed E-state index contributed by atoms with van der Waals surface area (Å²) >= 11 is 0. The summed E-state index contributed by atoms with van der Waals surface area (Å²) in [5.74, 6) is 2.38. The molecule has 0 radical (unpaired) electrons. The Balaban J connectivity index is 1.63. The zero-order chi connectivity index (χ0) is 19.4. The number of fused-ring (bicyclic) bond motifs is 1. The zero-order valence-corrected chi connectivity index (χ0v) is 17.5. The molecule has 2 nitrogen and oxygen atoms in total. The van der Waals surface area contributed by atoms with E-state index in [-0.39, 0.29) is 11.5 Å². The predicted octanol–water partition coefficient (Wildman–Crippen LogP) is 6.21. The molecule has 0 N–H and O–H groups in total. The van der Waals surface area contributed by atoms with E-state index in [4.69, 9.17) is 4.74 Å². The Morgan fingerprint density at radius 2 is 1.89 bits per heavy atom. The van der Waals surface area contributed by atoms with Gasteiger partial charge in [0, 0.05) is 12.3 Å². The monoisotopic (exact) mass is 368 g/mol. The van der Waals surface area contributed by atoms with E-state index in [1.54, 1.807) is 0 Å². The largest absolute Gasteiger partial charge is 0.369 e. The lowest BCUT2D eigenvalue weighted by molar-refractivity contribution is -0.129. The maximum Gasteiger partial charge on any atom is 0.136 e. The number of Topliss-reactive ketones (excluding diaryl/α,β-unsaturated/α-hetero) is 1. The first-order valence-electron chi connectivity index (χ1n) is 10.8. The highest BCUT2D eigenvalue weighted by Gasteiger charge is 2.51. The second-order valence-corrected chi connectivity index (χ2v) is 9.31. The van der Waals surface area contributed by atoms with E-state index in [1.165, 1.54) is 18.4 Å². The van der Waals surface area contributed by atoms with E-state index in [9.17, 15) is 4.79 Å². The molecule has 27 heavy (non-hydrogen) atoms. The van der Waals surface area contributed by atoms with Gasteiger partial charge in [-0.05, 0) is 54.4 Å². The molecule has 2 fully saturated rings. The fourth-order valence-corrected chi connectivity index (χ4v) is 5.49. The highest BCUT2D eigenvalue weighted by molar-refractivity contribution is 5.83. The Bertz CT molecular complexity index is 648. The van der Waals surface area contributed by atoms with Crippen LogP contribution >= 0.6 is 0 Å². The number of ether oxygens (including phenoxy) is 1. The lowest BCUT2D eigenvalue weighted by Crippen LogP contribution is -2.39. The fraction of sp³-hybridized carbons (Fsp3) is 0.640. The van der Waals surface area contributed by atoms with Crippen molar-refractivity contribution in [1.82, 2.24) is 0 Å². The van der Waals surface area contributed by atoms with Gasteiger partial charge in [0.25, 0.3) is 0 Å². The average Bonchev–Trinajstić information content (AvgIpc) is 3.00. The SMILES string of the molecule is CC(C)[C@@H](/C=C/[C@@H](C)[C@H]1CC[C@H]2C(=O)CCC[C@]12C)OCc1ccccc1. The van der Waals surface area contributed by atoms with Crippen LogP contribution in [0.25, 0.3) is 0 Å². The Morgan fingerprint density at radius 1 is 1.15 bits per heavy atom. The van der Waals surface area contributed by atoms with Crippen LogP contribution in [-0.2, 0) is 16.1 Å². The summed E-state index contributed by atoms with van der Waals surface area (Å²) in [5, 5.41) is 0. The van der Waals surface area contributed by atoms with Gasteiger partial charge in [-0.2, -0.15) is 0 Å². The molecule has 3 rings (SSSR count). The first-order valence-corrected chi connectivity index (χ1v) is 10.8. The smallest absolute Gasteiger partial charge is 0.136 e. The highest BCUT2D eigenvalue weighted by atomic mass is 16.5. The Hall–Kier alpha value is -1.41. The molecule has 0 heterocycles. The number of hydrogen-bond acceptors (Lipinski definition) is 2. The second-order valence-electron chi connectivity index (χ2n) is 9.31. The molecule has 2 aliphatic carbocycles. The average molecular weight is 369 g/mol. The van der Waals surface area contributed by atoms with Crippen molar-refractivity contribution in [3.05, 3.63) is 48.0 Å². The molecule has 0 unspecified atom stereocenters. The maximum absolute atomic E-state index is 12.4. The van der Waals surface area contributed by atoms with Crippen molar-refractivity contribution in [2.75, 3.05) is 0 Å². The van der Waals surface area contributed by atoms with E-state index in [0.29, 0.717) is 36.1 Å². The van der Waals surface area contributed by atoms with Crippen LogP contribution in [0, 0.1) is 29.1 Å². The van der Waals surface area contributed by atoms with Gasteiger partial charge in [0.05, 0.1) is 12.7 Å². The standard InChI is InChI=1S/C25H36O2/c1-18(2)24(27-17-20-9-6-5-7-10-20)15-12-19(3)21-13-14-22-23(26)11-8-16-25(21,22)4/h5-7,9-10,12,15,18-19,21-22,24H,8,11,13-14,16-17H2,1-4H3/b15-12+/t19-,21-,22+,24-,25-/m1/s1. The van der Waals surface area contributed by atoms with Gasteiger partial charge >= 0.3 is 0 Å². The molecule has 148 valence electrons. The Kier molecular flexibility index (Phi) is 6.57. The fourth-order valence-electron chi connectivity index (χ4n) is 5.49. The summed E-state index contributed by atoms with van der Waals surface area (Å²) in [5.41, 5.74) is 1.42. The van der Waals surface area contributed by atoms with Gasteiger partial charge in [0.1, 0.15) is 5.78 Å². The third-order valence-corrected chi connectivity index (χ3v) is 7.12. The van der Waals surface area contributed by atoms with Crippen LogP contribution in [0.4, 0.5) is 0 Å². The van der Waals surface area contributed by atoms with Crippen LogP contribution in [0.2, 0.25) is 0 Å². The summed E-state index contributed by atoms with van der Waals surface area (Å²) in [6.45, 7) is 9.81. The van der Waals surface area contributed by atoms with Crippen molar-refractivity contribution in [2.24, 2.45) is 29.1 Å². The van der Waals surface area contributed by atoms with E-state index in [1.807, 2.05) is 6.07 Å². The summed E-state index contributed by atoms with van der Waals surface area (Å²) in [6, 6.07) is 10.4. The van der Waals surface area contributed by atoms with Crippen molar-refractivity contribution in [3.8, 4) is 0 Å². The van der Waals surface area contributed by atoms with Gasteiger partial charge in [0.15, 0.2) is 0 Å². The summed E-state index contributed by atoms with van der Waals surface area (Å²) in [6.07, 6.45) is 10.2. The topological polar surface area (TPSA) is 26.3 Å². The molecule has 0 saturated heterocycles. The summed E-state index contributed by atoms with van der Waals surface area (Å²) in [4.78, 5) is 12.4. The minimum Gasteiger partial charge on any atom is -0.369 e. The van der Waals surface area contributed by atoms with Crippen molar-refractivity contribution in [3.63, 3.8) is 0 Å². The molecule has 0 amide bonds. The van der Waals surface area contributed by atoms with Crippen LogP contribution in [0.15, 0.2) is 42.5 Å². The van der Waals surface area contributed by atoms with Gasteiger partial charge in [0.2, 0.25) is 0 Å². The van der Waals surface area contributed by atoms with E-state index in [2.05, 4.69) is 64.1 Å². The van der Waals surface area contributed by atoms with Gasteiger partial charge in [-0.1, -0.05) is 70.2 Å². The number of benzene rings is 1. The maximum atomic E-state index is 12.4. The lowest BCUT2D eigenvalue weighted by atomic mass is 9.62. The van der Waals surface area contributed by atoms with Crippen molar-refractivity contribution < 1.29 is 9.53 Å². The third kappa shape index (κ3) is 4.54. The molecule has 0 spiro atoms. The molecule has 5 atom stereocenters. The van der Waals surface area contributed by atoms with Crippen LogP contribution in [0.1, 0.15) is 65.4 Å². The Labute approximate surface area is 165 Å². The van der Waals surface area contributed by atoms with Gasteiger partial charge in [-0.3, -0.25) is 4.79 Å². The summed E-state index contributed by atoms with van der Waals surface area (Å²) < 4.78 is 6.21. The summed E-state index contributed by atoms with van der Waals surface area (Å²) in [7, 11) is 0. The van der Waals surface area contributed by atoms with Crippen LogP contribution in [-0.4, -0.2) is 11.9 Å². The molecule has 0 aliphatic heterocycles. The normalized spacial score (nSPS) is 30.6. The highest BCUT2D eigenvalue weighted by Crippen LogP contribution is 2.56. The quantitative estimate of drug-likeness (QED) is 0.535. The number of rotatable bonds is 7. The zero-order valence-electron chi connectivity index (χ0n) is 17.5. The van der Waals surface area contributed by atoms with Gasteiger partial charge in [-0.15, -0.1) is 0 Å². The first-order chi connectivity index (χ1) is 12.9. The Morgan fingerprint density at radius 3 is 2.59 bits per heavy atom. The molecular formula is C25H36O2. The van der Waals surface area contributed by atoms with E-state index < -0.39 is 0 Å². The molecule has 0 aromatic heterocycles. The van der Waals surface area contributed by atoms with Gasteiger partial charge in [-0.25, -0.2) is 0 Å². The lowest BCUT2D eigenvalue weighted by Gasteiger charge is -2.41. The number of hydrogen-bond donors (Lipinski definition) is 0. The first kappa shape index (κ1) is 20.3. The number of allylic oxidation sites excluding steroid dienone is 1. The minimum atomic E-state index is 0.130. The van der Waals surface area contributed by atoms with E-state index >= 15 is 0 Å².